The van der Waals surface area contributed by atoms with Gasteiger partial charge in [0.2, 0.25) is 0 Å². The van der Waals surface area contributed by atoms with Crippen LogP contribution >= 0.6 is 11.3 Å². The first kappa shape index (κ1) is 17.4. The number of aryl methyl sites for hydroxylation is 1. The molecule has 0 aliphatic carbocycles. The predicted octanol–water partition coefficient (Wildman–Crippen LogP) is 2.85. The molecular weight excluding hydrogens is 342 g/mol. The lowest BCUT2D eigenvalue weighted by Crippen LogP contribution is -2.23. The fourth-order valence-corrected chi connectivity index (χ4v) is 3.30. The topological polar surface area (TPSA) is 84.9 Å². The second-order valence-corrected chi connectivity index (χ2v) is 6.95. The Balaban J connectivity index is 1.67. The van der Waals surface area contributed by atoms with E-state index in [0.717, 1.165) is 34.6 Å². The van der Waals surface area contributed by atoms with Gasteiger partial charge in [-0.25, -0.2) is 4.79 Å². The zero-order chi connectivity index (χ0) is 17.8. The molecule has 1 aliphatic heterocycles. The maximum atomic E-state index is 12.2. The van der Waals surface area contributed by atoms with Crippen LogP contribution in [-0.2, 0) is 11.3 Å². The van der Waals surface area contributed by atoms with Crippen molar-refractivity contribution in [3.8, 4) is 5.75 Å². The third-order valence-corrected chi connectivity index (χ3v) is 4.96. The lowest BCUT2D eigenvalue weighted by Gasteiger charge is -2.16. The molecule has 1 fully saturated rings. The maximum Gasteiger partial charge on any atom is 0.345 e. The van der Waals surface area contributed by atoms with Gasteiger partial charge in [-0.1, -0.05) is 12.1 Å². The molecule has 2 aromatic rings. The summed E-state index contributed by atoms with van der Waals surface area (Å²) in [5, 5.41) is 11.8. The molecule has 2 N–H and O–H groups in total. The van der Waals surface area contributed by atoms with Crippen LogP contribution in [0.2, 0.25) is 0 Å². The van der Waals surface area contributed by atoms with Crippen molar-refractivity contribution in [3.05, 3.63) is 51.2 Å². The van der Waals surface area contributed by atoms with E-state index in [-0.39, 0.29) is 16.9 Å². The van der Waals surface area contributed by atoms with Gasteiger partial charge in [-0.15, -0.1) is 11.3 Å². The number of carbonyl (C=O) groups excluding carboxylic acids is 1. The van der Waals surface area contributed by atoms with Crippen LogP contribution in [0.5, 0.6) is 5.75 Å². The maximum absolute atomic E-state index is 12.2. The van der Waals surface area contributed by atoms with Crippen LogP contribution < -0.4 is 10.1 Å². The second kappa shape index (κ2) is 7.67. The van der Waals surface area contributed by atoms with Gasteiger partial charge in [-0.2, -0.15) is 0 Å². The molecule has 0 radical (unpaired) electrons. The van der Waals surface area contributed by atoms with Gasteiger partial charge in [0.1, 0.15) is 16.7 Å². The first-order chi connectivity index (χ1) is 12.0. The van der Waals surface area contributed by atoms with Crippen molar-refractivity contribution < 1.29 is 24.2 Å². The fourth-order valence-electron chi connectivity index (χ4n) is 2.54. The molecule has 1 unspecified atom stereocenters. The number of benzene rings is 1. The number of carboxylic acid groups (broad SMARTS) is 1. The van der Waals surface area contributed by atoms with Gasteiger partial charge in [-0.3, -0.25) is 4.79 Å². The van der Waals surface area contributed by atoms with Crippen LogP contribution in [0, 0.1) is 6.92 Å². The Kier molecular flexibility index (Phi) is 5.35. The van der Waals surface area contributed by atoms with Gasteiger partial charge in [0.25, 0.3) is 5.91 Å². The molecule has 3 rings (SSSR count). The number of aromatic carboxylic acids is 1. The second-order valence-electron chi connectivity index (χ2n) is 5.87. The zero-order valence-electron chi connectivity index (χ0n) is 13.8. The molecule has 1 aromatic carbocycles. The predicted molar refractivity (Wildman–Crippen MR) is 93.5 cm³/mol. The summed E-state index contributed by atoms with van der Waals surface area (Å²) < 4.78 is 11.3. The Hall–Kier alpha value is -2.38. The third-order valence-electron chi connectivity index (χ3n) is 3.88. The summed E-state index contributed by atoms with van der Waals surface area (Å²) in [7, 11) is 0. The fraction of sp³-hybridized carbons (Fsp3) is 0.333. The molecule has 0 saturated carbocycles. The van der Waals surface area contributed by atoms with Crippen molar-refractivity contribution in [1.29, 1.82) is 0 Å². The minimum atomic E-state index is -1.03. The van der Waals surface area contributed by atoms with E-state index in [4.69, 9.17) is 14.6 Å². The number of ether oxygens (including phenoxy) is 2. The highest BCUT2D eigenvalue weighted by atomic mass is 32.1. The molecule has 0 bridgehead atoms. The van der Waals surface area contributed by atoms with Gasteiger partial charge in [0.05, 0.1) is 18.1 Å². The molecule has 1 aromatic heterocycles. The number of carbonyl (C=O) groups is 2. The SMILES string of the molecule is Cc1ccc(CNC(=O)c2ccc(C(=O)O)s2)c(OC2CCOC2)c1. The summed E-state index contributed by atoms with van der Waals surface area (Å²) in [6.07, 6.45) is 0.888. The summed E-state index contributed by atoms with van der Waals surface area (Å²) in [6.45, 7) is 3.57. The molecule has 0 spiro atoms. The first-order valence-electron chi connectivity index (χ1n) is 7.98. The van der Waals surface area contributed by atoms with Gasteiger partial charge in [0, 0.05) is 18.5 Å². The number of rotatable bonds is 6. The van der Waals surface area contributed by atoms with E-state index in [1.165, 1.54) is 12.1 Å². The van der Waals surface area contributed by atoms with Crippen LogP contribution in [0.3, 0.4) is 0 Å². The minimum absolute atomic E-state index is 0.0340. The minimum Gasteiger partial charge on any atom is -0.488 e. The van der Waals surface area contributed by atoms with Crippen LogP contribution in [0.1, 0.15) is 36.9 Å². The van der Waals surface area contributed by atoms with E-state index in [0.29, 0.717) is 24.6 Å². The third kappa shape index (κ3) is 4.37. The molecular formula is C18H19NO5S. The van der Waals surface area contributed by atoms with Crippen molar-refractivity contribution >= 4 is 23.2 Å². The van der Waals surface area contributed by atoms with Crippen molar-refractivity contribution in [2.24, 2.45) is 0 Å². The van der Waals surface area contributed by atoms with E-state index in [1.807, 2.05) is 25.1 Å². The molecule has 132 valence electrons. The largest absolute Gasteiger partial charge is 0.488 e. The van der Waals surface area contributed by atoms with Crippen molar-refractivity contribution in [2.45, 2.75) is 26.0 Å². The van der Waals surface area contributed by atoms with Crippen molar-refractivity contribution in [1.82, 2.24) is 5.32 Å². The number of thiophene rings is 1. The average Bonchev–Trinajstić information content (AvgIpc) is 3.25. The van der Waals surface area contributed by atoms with E-state index < -0.39 is 5.97 Å². The van der Waals surface area contributed by atoms with E-state index in [1.54, 1.807) is 0 Å². The Labute approximate surface area is 149 Å². The van der Waals surface area contributed by atoms with Crippen molar-refractivity contribution in [3.63, 3.8) is 0 Å². The smallest absolute Gasteiger partial charge is 0.345 e. The summed E-state index contributed by atoms with van der Waals surface area (Å²) in [5.41, 5.74) is 1.95. The lowest BCUT2D eigenvalue weighted by molar-refractivity contribution is 0.0702. The van der Waals surface area contributed by atoms with Crippen LogP contribution in [-0.4, -0.2) is 36.3 Å². The highest BCUT2D eigenvalue weighted by molar-refractivity contribution is 7.15. The number of amides is 1. The van der Waals surface area contributed by atoms with Gasteiger partial charge in [0.15, 0.2) is 0 Å². The molecule has 6 nitrogen and oxygen atoms in total. The molecule has 1 saturated heterocycles. The quantitative estimate of drug-likeness (QED) is 0.826. The molecule has 25 heavy (non-hydrogen) atoms. The van der Waals surface area contributed by atoms with Crippen LogP contribution in [0.4, 0.5) is 0 Å². The number of nitrogens with one attached hydrogen (secondary N) is 1. The van der Waals surface area contributed by atoms with Gasteiger partial charge >= 0.3 is 5.97 Å². The first-order valence-corrected chi connectivity index (χ1v) is 8.80. The van der Waals surface area contributed by atoms with E-state index in [9.17, 15) is 9.59 Å². The molecule has 7 heteroatoms. The molecule has 2 heterocycles. The Morgan fingerprint density at radius 3 is 2.80 bits per heavy atom. The van der Waals surface area contributed by atoms with Crippen LogP contribution in [0.25, 0.3) is 0 Å². The van der Waals surface area contributed by atoms with Crippen LogP contribution in [0.15, 0.2) is 30.3 Å². The summed E-state index contributed by atoms with van der Waals surface area (Å²) >= 11 is 0.958. The monoisotopic (exact) mass is 361 g/mol. The highest BCUT2D eigenvalue weighted by Gasteiger charge is 2.19. The number of carboxylic acids is 1. The Morgan fingerprint density at radius 2 is 2.12 bits per heavy atom. The summed E-state index contributed by atoms with van der Waals surface area (Å²) in [4.78, 5) is 23.6. The van der Waals surface area contributed by atoms with Gasteiger partial charge < -0.3 is 19.9 Å². The zero-order valence-corrected chi connectivity index (χ0v) is 14.6. The highest BCUT2D eigenvalue weighted by Crippen LogP contribution is 2.24. The molecule has 1 atom stereocenters. The number of hydrogen-bond donors (Lipinski definition) is 2. The normalized spacial score (nSPS) is 16.6. The number of hydrogen-bond acceptors (Lipinski definition) is 5. The molecule has 1 amide bonds. The van der Waals surface area contributed by atoms with Crippen molar-refractivity contribution in [2.75, 3.05) is 13.2 Å². The Bertz CT molecular complexity index is 780. The van der Waals surface area contributed by atoms with E-state index >= 15 is 0 Å². The van der Waals surface area contributed by atoms with Gasteiger partial charge in [-0.05, 0) is 30.7 Å². The lowest BCUT2D eigenvalue weighted by atomic mass is 10.1. The summed E-state index contributed by atoms with van der Waals surface area (Å²) in [5.74, 6) is -0.585. The molecule has 1 aliphatic rings. The standard InChI is InChI=1S/C18H19NO5S/c1-11-2-3-12(14(8-11)24-13-6-7-23-10-13)9-19-17(20)15-4-5-16(25-15)18(21)22/h2-5,8,13H,6-7,9-10H2,1H3,(H,19,20)(H,21,22). The average molecular weight is 361 g/mol. The van der Waals surface area contributed by atoms with E-state index in [2.05, 4.69) is 5.32 Å². The summed E-state index contributed by atoms with van der Waals surface area (Å²) in [6, 6.07) is 8.80. The Morgan fingerprint density at radius 1 is 1.32 bits per heavy atom.